The molecule has 9 heteroatoms. The van der Waals surface area contributed by atoms with Crippen molar-refractivity contribution in [3.63, 3.8) is 0 Å². The average Bonchev–Trinajstić information content (AvgIpc) is 3.20. The first-order valence-electron chi connectivity index (χ1n) is 9.27. The van der Waals surface area contributed by atoms with Gasteiger partial charge >= 0.3 is 5.97 Å². The number of carbonyl (C=O) groups is 1. The van der Waals surface area contributed by atoms with E-state index in [0.29, 0.717) is 27.7 Å². The molecule has 0 spiro atoms. The van der Waals surface area contributed by atoms with E-state index in [9.17, 15) is 9.90 Å². The minimum absolute atomic E-state index is 0.00345. The lowest BCUT2D eigenvalue weighted by Gasteiger charge is -2.13. The molecule has 0 radical (unpaired) electrons. The summed E-state index contributed by atoms with van der Waals surface area (Å²) in [6.07, 6.45) is 4.89. The Morgan fingerprint density at radius 2 is 1.94 bits per heavy atom. The van der Waals surface area contributed by atoms with E-state index in [1.807, 2.05) is 29.8 Å². The van der Waals surface area contributed by atoms with Crippen molar-refractivity contribution in [2.24, 2.45) is 0 Å². The van der Waals surface area contributed by atoms with E-state index in [1.165, 1.54) is 6.20 Å². The molecule has 0 saturated carbocycles. The number of carboxylic acids is 1. The van der Waals surface area contributed by atoms with E-state index in [-0.39, 0.29) is 11.5 Å². The molecule has 0 fully saturated rings. The maximum Gasteiger partial charge on any atom is 0.339 e. The van der Waals surface area contributed by atoms with Crippen LogP contribution in [-0.2, 0) is 0 Å². The van der Waals surface area contributed by atoms with Gasteiger partial charge in [-0.15, -0.1) is 0 Å². The number of hydrogen-bond acceptors (Lipinski definition) is 6. The number of benzene rings is 2. The standard InChI is InChI=1S/C22H18ClN5O3/c1-13-11-28(12-25-13)18-8-7-16(9-19(18)31-2)26-22-24-10-17(21(29)30)20(27-22)14-3-5-15(23)6-4-14/h3-12H,1-2H3,(H,29,30)(H,24,26,27). The minimum Gasteiger partial charge on any atom is -0.494 e. The van der Waals surface area contributed by atoms with Gasteiger partial charge < -0.3 is 19.7 Å². The van der Waals surface area contributed by atoms with Gasteiger partial charge in [-0.2, -0.15) is 0 Å². The van der Waals surface area contributed by atoms with E-state index in [4.69, 9.17) is 16.3 Å². The molecule has 0 amide bonds. The van der Waals surface area contributed by atoms with Crippen molar-refractivity contribution in [2.45, 2.75) is 6.92 Å². The minimum atomic E-state index is -1.11. The fourth-order valence-electron chi connectivity index (χ4n) is 3.08. The van der Waals surface area contributed by atoms with E-state index in [2.05, 4.69) is 20.3 Å². The number of methoxy groups -OCH3 is 1. The fourth-order valence-corrected chi connectivity index (χ4v) is 3.20. The molecule has 4 aromatic rings. The Bertz CT molecular complexity index is 1250. The summed E-state index contributed by atoms with van der Waals surface area (Å²) in [5, 5.41) is 13.2. The summed E-state index contributed by atoms with van der Waals surface area (Å²) in [5.41, 5.74) is 3.32. The third kappa shape index (κ3) is 4.34. The molecule has 2 aromatic heterocycles. The highest BCUT2D eigenvalue weighted by Gasteiger charge is 2.16. The van der Waals surface area contributed by atoms with Crippen LogP contribution < -0.4 is 10.1 Å². The number of hydrogen-bond donors (Lipinski definition) is 2. The molecule has 8 nitrogen and oxygen atoms in total. The second kappa shape index (κ2) is 8.45. The molecule has 0 unspecified atom stereocenters. The van der Waals surface area contributed by atoms with Gasteiger partial charge in [-0.1, -0.05) is 23.7 Å². The van der Waals surface area contributed by atoms with Gasteiger partial charge in [0.1, 0.15) is 11.3 Å². The molecular weight excluding hydrogens is 418 g/mol. The quantitative estimate of drug-likeness (QED) is 0.450. The van der Waals surface area contributed by atoms with Gasteiger partial charge in [-0.05, 0) is 31.2 Å². The van der Waals surface area contributed by atoms with E-state index in [0.717, 1.165) is 11.4 Å². The van der Waals surface area contributed by atoms with Gasteiger partial charge in [-0.3, -0.25) is 0 Å². The molecule has 2 aromatic carbocycles. The Kier molecular flexibility index (Phi) is 5.55. The zero-order valence-corrected chi connectivity index (χ0v) is 17.5. The van der Waals surface area contributed by atoms with E-state index in [1.54, 1.807) is 43.8 Å². The maximum absolute atomic E-state index is 11.6. The summed E-state index contributed by atoms with van der Waals surface area (Å²) in [5.74, 6) is -0.233. The Morgan fingerprint density at radius 1 is 1.16 bits per heavy atom. The monoisotopic (exact) mass is 435 g/mol. The summed E-state index contributed by atoms with van der Waals surface area (Å²) < 4.78 is 7.39. The van der Waals surface area contributed by atoms with E-state index >= 15 is 0 Å². The first-order valence-corrected chi connectivity index (χ1v) is 9.64. The largest absolute Gasteiger partial charge is 0.494 e. The summed E-state index contributed by atoms with van der Waals surface area (Å²) >= 11 is 5.95. The van der Waals surface area contributed by atoms with Crippen molar-refractivity contribution < 1.29 is 14.6 Å². The topological polar surface area (TPSA) is 102 Å². The van der Waals surface area contributed by atoms with Crippen molar-refractivity contribution >= 4 is 29.2 Å². The smallest absolute Gasteiger partial charge is 0.339 e. The first kappa shape index (κ1) is 20.4. The molecule has 2 N–H and O–H groups in total. The molecule has 0 aliphatic rings. The highest BCUT2D eigenvalue weighted by atomic mass is 35.5. The van der Waals surface area contributed by atoms with Crippen LogP contribution in [-0.4, -0.2) is 37.7 Å². The summed E-state index contributed by atoms with van der Waals surface area (Å²) in [4.78, 5) is 24.5. The number of rotatable bonds is 6. The van der Waals surface area contributed by atoms with Crippen LogP contribution in [0.4, 0.5) is 11.6 Å². The second-order valence-corrected chi connectivity index (χ2v) is 7.14. The van der Waals surface area contributed by atoms with Gasteiger partial charge in [0, 0.05) is 34.7 Å². The van der Waals surface area contributed by atoms with Gasteiger partial charge in [0.25, 0.3) is 0 Å². The zero-order valence-electron chi connectivity index (χ0n) is 16.7. The average molecular weight is 436 g/mol. The number of nitrogens with one attached hydrogen (secondary N) is 1. The predicted octanol–water partition coefficient (Wildman–Crippen LogP) is 4.74. The highest BCUT2D eigenvalue weighted by molar-refractivity contribution is 6.30. The Morgan fingerprint density at radius 3 is 2.58 bits per heavy atom. The van der Waals surface area contributed by atoms with Crippen molar-refractivity contribution in [2.75, 3.05) is 12.4 Å². The predicted molar refractivity (Wildman–Crippen MR) is 118 cm³/mol. The van der Waals surface area contributed by atoms with Crippen LogP contribution >= 0.6 is 11.6 Å². The molecule has 0 aliphatic heterocycles. The molecular formula is C22H18ClN5O3. The number of imidazole rings is 1. The van der Waals surface area contributed by atoms with Crippen LogP contribution in [0.25, 0.3) is 16.9 Å². The van der Waals surface area contributed by atoms with Crippen molar-refractivity contribution in [3.05, 3.63) is 77.5 Å². The SMILES string of the molecule is COc1cc(Nc2ncc(C(=O)O)c(-c3ccc(Cl)cc3)n2)ccc1-n1cnc(C)c1. The zero-order chi connectivity index (χ0) is 22.0. The number of anilines is 2. The number of nitrogens with zero attached hydrogens (tertiary/aromatic N) is 4. The second-order valence-electron chi connectivity index (χ2n) is 6.70. The third-order valence-electron chi connectivity index (χ3n) is 4.56. The van der Waals surface area contributed by atoms with Crippen LogP contribution in [0.15, 0.2) is 61.2 Å². The van der Waals surface area contributed by atoms with Crippen molar-refractivity contribution in [3.8, 4) is 22.7 Å². The molecule has 0 saturated heterocycles. The molecule has 4 rings (SSSR count). The lowest BCUT2D eigenvalue weighted by atomic mass is 10.1. The van der Waals surface area contributed by atoms with Crippen LogP contribution in [0, 0.1) is 6.92 Å². The summed E-state index contributed by atoms with van der Waals surface area (Å²) in [7, 11) is 1.59. The number of carboxylic acid groups (broad SMARTS) is 1. The number of halogens is 1. The molecule has 0 aliphatic carbocycles. The van der Waals surface area contributed by atoms with Gasteiger partial charge in [0.05, 0.1) is 30.5 Å². The lowest BCUT2D eigenvalue weighted by Crippen LogP contribution is -2.06. The third-order valence-corrected chi connectivity index (χ3v) is 4.81. The Labute approximate surface area is 183 Å². The first-order chi connectivity index (χ1) is 14.9. The number of ether oxygens (including phenoxy) is 1. The normalized spacial score (nSPS) is 10.7. The number of aromatic carboxylic acids is 1. The highest BCUT2D eigenvalue weighted by Crippen LogP contribution is 2.29. The Balaban J connectivity index is 1.68. The van der Waals surface area contributed by atoms with Crippen LogP contribution in [0.3, 0.4) is 0 Å². The number of aromatic nitrogens is 4. The van der Waals surface area contributed by atoms with E-state index < -0.39 is 5.97 Å². The fraction of sp³-hybridized carbons (Fsp3) is 0.0909. The molecule has 31 heavy (non-hydrogen) atoms. The summed E-state index contributed by atoms with van der Waals surface area (Å²) in [6, 6.07) is 12.3. The van der Waals surface area contributed by atoms with Crippen LogP contribution in [0.1, 0.15) is 16.1 Å². The molecule has 2 heterocycles. The van der Waals surface area contributed by atoms with Gasteiger partial charge in [0.15, 0.2) is 0 Å². The van der Waals surface area contributed by atoms with Crippen molar-refractivity contribution in [1.29, 1.82) is 0 Å². The summed E-state index contributed by atoms with van der Waals surface area (Å²) in [6.45, 7) is 1.91. The molecule has 0 bridgehead atoms. The van der Waals surface area contributed by atoms with Gasteiger partial charge in [0.2, 0.25) is 5.95 Å². The molecule has 0 atom stereocenters. The number of aryl methyl sites for hydroxylation is 1. The van der Waals surface area contributed by atoms with Gasteiger partial charge in [-0.25, -0.2) is 19.7 Å². The maximum atomic E-state index is 11.6. The molecule has 156 valence electrons. The van der Waals surface area contributed by atoms with Crippen LogP contribution in [0.5, 0.6) is 5.75 Å². The Hall–Kier alpha value is -3.91. The van der Waals surface area contributed by atoms with Crippen molar-refractivity contribution in [1.82, 2.24) is 19.5 Å². The van der Waals surface area contributed by atoms with Crippen LogP contribution in [0.2, 0.25) is 5.02 Å². The lowest BCUT2D eigenvalue weighted by molar-refractivity contribution is 0.0697.